The van der Waals surface area contributed by atoms with E-state index in [0.29, 0.717) is 5.56 Å². The van der Waals surface area contributed by atoms with E-state index in [4.69, 9.17) is 5.11 Å². The van der Waals surface area contributed by atoms with Crippen LogP contribution in [0.4, 0.5) is 13.2 Å². The van der Waals surface area contributed by atoms with Crippen molar-refractivity contribution in [2.75, 3.05) is 0 Å². The summed E-state index contributed by atoms with van der Waals surface area (Å²) in [7, 11) is 0. The summed E-state index contributed by atoms with van der Waals surface area (Å²) in [5, 5.41) is 11.5. The van der Waals surface area contributed by atoms with Crippen molar-refractivity contribution in [1.29, 1.82) is 0 Å². The van der Waals surface area contributed by atoms with Crippen molar-refractivity contribution in [1.82, 2.24) is 5.32 Å². The molecule has 3 unspecified atom stereocenters. The summed E-state index contributed by atoms with van der Waals surface area (Å²) >= 11 is 0. The van der Waals surface area contributed by atoms with Crippen LogP contribution in [0.1, 0.15) is 37.4 Å². The highest BCUT2D eigenvalue weighted by Crippen LogP contribution is 2.40. The van der Waals surface area contributed by atoms with Crippen LogP contribution in [-0.4, -0.2) is 17.0 Å². The van der Waals surface area contributed by atoms with E-state index in [-0.39, 0.29) is 12.3 Å². The molecule has 0 heterocycles. The van der Waals surface area contributed by atoms with Crippen molar-refractivity contribution >= 4 is 11.9 Å². The minimum absolute atomic E-state index is 0.135. The summed E-state index contributed by atoms with van der Waals surface area (Å²) in [4.78, 5) is 22.9. The summed E-state index contributed by atoms with van der Waals surface area (Å²) in [6.07, 6.45) is -4.18. The number of halogens is 3. The molecule has 23 heavy (non-hydrogen) atoms. The number of benzene rings is 1. The lowest BCUT2D eigenvalue weighted by molar-refractivity contribution is -0.140. The molecule has 0 bridgehead atoms. The van der Waals surface area contributed by atoms with Crippen LogP contribution in [0.2, 0.25) is 0 Å². The Kier molecular flexibility index (Phi) is 4.68. The Balaban J connectivity index is 2.16. The number of hydrogen-bond donors (Lipinski definition) is 2. The van der Waals surface area contributed by atoms with Crippen LogP contribution in [0.25, 0.3) is 0 Å². The summed E-state index contributed by atoms with van der Waals surface area (Å²) in [5.74, 6) is -2.87. The van der Waals surface area contributed by atoms with Gasteiger partial charge in [0.15, 0.2) is 0 Å². The van der Waals surface area contributed by atoms with Crippen LogP contribution in [0.15, 0.2) is 24.3 Å². The predicted octanol–water partition coefficient (Wildman–Crippen LogP) is 3.24. The fourth-order valence-corrected chi connectivity index (χ4v) is 2.56. The maximum Gasteiger partial charge on any atom is 0.416 e. The smallest absolute Gasteiger partial charge is 0.416 e. The van der Waals surface area contributed by atoms with Gasteiger partial charge >= 0.3 is 12.1 Å². The molecule has 1 saturated carbocycles. The zero-order chi connectivity index (χ0) is 17.4. The van der Waals surface area contributed by atoms with E-state index in [9.17, 15) is 22.8 Å². The number of carboxylic acid groups (broad SMARTS) is 1. The van der Waals surface area contributed by atoms with Gasteiger partial charge in [0.05, 0.1) is 23.4 Å². The first-order valence-corrected chi connectivity index (χ1v) is 7.31. The molecule has 1 aromatic rings. The van der Waals surface area contributed by atoms with E-state index < -0.39 is 41.5 Å². The van der Waals surface area contributed by atoms with Gasteiger partial charge in [-0.2, -0.15) is 13.2 Å². The van der Waals surface area contributed by atoms with Crippen molar-refractivity contribution in [3.63, 3.8) is 0 Å². The Morgan fingerprint density at radius 3 is 2.39 bits per heavy atom. The SMILES string of the molecule is CC(C)C(NC(=O)C1CC1C(=O)O)c1cccc(C(F)(F)F)c1. The average molecular weight is 329 g/mol. The van der Waals surface area contributed by atoms with Gasteiger partial charge in [-0.3, -0.25) is 9.59 Å². The van der Waals surface area contributed by atoms with Gasteiger partial charge in [-0.15, -0.1) is 0 Å². The van der Waals surface area contributed by atoms with Gasteiger partial charge in [0.25, 0.3) is 0 Å². The molecule has 0 aliphatic heterocycles. The van der Waals surface area contributed by atoms with Gasteiger partial charge < -0.3 is 10.4 Å². The highest BCUT2D eigenvalue weighted by molar-refractivity contribution is 5.89. The minimum Gasteiger partial charge on any atom is -0.481 e. The highest BCUT2D eigenvalue weighted by Gasteiger charge is 2.48. The van der Waals surface area contributed by atoms with Gasteiger partial charge in [0.1, 0.15) is 0 Å². The lowest BCUT2D eigenvalue weighted by Gasteiger charge is -2.24. The molecular formula is C16H18F3NO3. The van der Waals surface area contributed by atoms with E-state index in [2.05, 4.69) is 5.32 Å². The quantitative estimate of drug-likeness (QED) is 0.871. The molecule has 1 aliphatic carbocycles. The second-order valence-corrected chi connectivity index (χ2v) is 6.14. The number of alkyl halides is 3. The third-order valence-electron chi connectivity index (χ3n) is 3.98. The normalized spacial score (nSPS) is 21.8. The number of hydrogen-bond acceptors (Lipinski definition) is 2. The first-order chi connectivity index (χ1) is 10.6. The van der Waals surface area contributed by atoms with Gasteiger partial charge in [-0.25, -0.2) is 0 Å². The Labute approximate surface area is 131 Å². The molecule has 1 fully saturated rings. The Bertz CT molecular complexity index is 613. The summed E-state index contributed by atoms with van der Waals surface area (Å²) in [5.41, 5.74) is -0.416. The molecule has 1 amide bonds. The molecule has 1 aliphatic rings. The molecule has 0 spiro atoms. The Morgan fingerprint density at radius 1 is 1.26 bits per heavy atom. The van der Waals surface area contributed by atoms with Crippen LogP contribution in [-0.2, 0) is 15.8 Å². The van der Waals surface area contributed by atoms with Gasteiger partial charge in [-0.1, -0.05) is 26.0 Å². The van der Waals surface area contributed by atoms with Gasteiger partial charge in [-0.05, 0) is 30.0 Å². The third-order valence-corrected chi connectivity index (χ3v) is 3.98. The maximum atomic E-state index is 12.8. The molecule has 2 rings (SSSR count). The number of aliphatic carboxylic acids is 1. The van der Waals surface area contributed by atoms with Crippen LogP contribution in [0, 0.1) is 17.8 Å². The van der Waals surface area contributed by atoms with Crippen molar-refractivity contribution in [2.45, 2.75) is 32.5 Å². The number of carboxylic acids is 1. The molecule has 0 aromatic heterocycles. The van der Waals surface area contributed by atoms with Crippen LogP contribution in [0.5, 0.6) is 0 Å². The van der Waals surface area contributed by atoms with Crippen LogP contribution >= 0.6 is 0 Å². The minimum atomic E-state index is -4.45. The van der Waals surface area contributed by atoms with Crippen LogP contribution in [0.3, 0.4) is 0 Å². The molecule has 2 N–H and O–H groups in total. The molecule has 126 valence electrons. The second-order valence-electron chi connectivity index (χ2n) is 6.14. The second kappa shape index (κ2) is 6.22. The van der Waals surface area contributed by atoms with E-state index >= 15 is 0 Å². The average Bonchev–Trinajstić information content (AvgIpc) is 3.24. The fourth-order valence-electron chi connectivity index (χ4n) is 2.56. The first kappa shape index (κ1) is 17.3. The topological polar surface area (TPSA) is 66.4 Å². The van der Waals surface area contributed by atoms with Gasteiger partial charge in [0, 0.05) is 0 Å². The van der Waals surface area contributed by atoms with Crippen molar-refractivity contribution in [2.24, 2.45) is 17.8 Å². The molecule has 0 radical (unpaired) electrons. The lowest BCUT2D eigenvalue weighted by Crippen LogP contribution is -2.33. The van der Waals surface area contributed by atoms with E-state index in [1.807, 2.05) is 0 Å². The van der Waals surface area contributed by atoms with Crippen molar-refractivity contribution < 1.29 is 27.9 Å². The third kappa shape index (κ3) is 4.03. The molecule has 1 aromatic carbocycles. The van der Waals surface area contributed by atoms with E-state index in [1.54, 1.807) is 13.8 Å². The van der Waals surface area contributed by atoms with Crippen molar-refractivity contribution in [3.05, 3.63) is 35.4 Å². The largest absolute Gasteiger partial charge is 0.481 e. The summed E-state index contributed by atoms with van der Waals surface area (Å²) < 4.78 is 38.5. The zero-order valence-corrected chi connectivity index (χ0v) is 12.7. The molecule has 3 atom stereocenters. The maximum absolute atomic E-state index is 12.8. The zero-order valence-electron chi connectivity index (χ0n) is 12.7. The van der Waals surface area contributed by atoms with Crippen molar-refractivity contribution in [3.8, 4) is 0 Å². The fraction of sp³-hybridized carbons (Fsp3) is 0.500. The Hall–Kier alpha value is -2.05. The standard InChI is InChI=1S/C16H18F3NO3/c1-8(2)13(20-14(21)11-7-12(11)15(22)23)9-4-3-5-10(6-9)16(17,18)19/h3-6,8,11-13H,7H2,1-2H3,(H,20,21)(H,22,23). The summed E-state index contributed by atoms with van der Waals surface area (Å²) in [6.45, 7) is 3.57. The van der Waals surface area contributed by atoms with Gasteiger partial charge in [0.2, 0.25) is 5.91 Å². The highest BCUT2D eigenvalue weighted by atomic mass is 19.4. The van der Waals surface area contributed by atoms with E-state index in [1.165, 1.54) is 12.1 Å². The van der Waals surface area contributed by atoms with E-state index in [0.717, 1.165) is 12.1 Å². The lowest BCUT2D eigenvalue weighted by atomic mass is 9.94. The Morgan fingerprint density at radius 2 is 1.91 bits per heavy atom. The molecule has 4 nitrogen and oxygen atoms in total. The predicted molar refractivity (Wildman–Crippen MR) is 76.4 cm³/mol. The summed E-state index contributed by atoms with van der Waals surface area (Å²) in [6, 6.07) is 4.23. The molecule has 7 heteroatoms. The number of carbonyl (C=O) groups is 2. The number of nitrogens with one attached hydrogen (secondary N) is 1. The number of carbonyl (C=O) groups excluding carboxylic acids is 1. The molecular weight excluding hydrogens is 311 g/mol. The molecule has 0 saturated heterocycles. The number of rotatable bonds is 5. The first-order valence-electron chi connectivity index (χ1n) is 7.31. The monoisotopic (exact) mass is 329 g/mol. The number of amides is 1. The van der Waals surface area contributed by atoms with Crippen LogP contribution < -0.4 is 5.32 Å².